The third kappa shape index (κ3) is 3.05. The molecule has 0 radical (unpaired) electrons. The monoisotopic (exact) mass is 332 g/mol. The highest BCUT2D eigenvalue weighted by Gasteiger charge is 2.10. The highest BCUT2D eigenvalue weighted by molar-refractivity contribution is 9.10. The van der Waals surface area contributed by atoms with E-state index in [1.165, 1.54) is 12.1 Å². The van der Waals surface area contributed by atoms with Gasteiger partial charge in [-0.25, -0.2) is 0 Å². The van der Waals surface area contributed by atoms with Gasteiger partial charge in [-0.2, -0.15) is 5.26 Å². The highest BCUT2D eigenvalue weighted by Crippen LogP contribution is 2.28. The number of nitro benzene ring substituents is 1. The molecule has 20 heavy (non-hydrogen) atoms. The zero-order chi connectivity index (χ0) is 14.7. The lowest BCUT2D eigenvalue weighted by Crippen LogP contribution is -1.97. The number of nitrogen functional groups attached to an aromatic ring is 1. The van der Waals surface area contributed by atoms with E-state index in [1.807, 2.05) is 0 Å². The summed E-state index contributed by atoms with van der Waals surface area (Å²) in [6.45, 7) is 0. The quantitative estimate of drug-likeness (QED) is 0.508. The molecule has 3 N–H and O–H groups in total. The Hall–Kier alpha value is -2.59. The van der Waals surface area contributed by atoms with E-state index in [-0.39, 0.29) is 11.4 Å². The van der Waals surface area contributed by atoms with Crippen LogP contribution in [0.15, 0.2) is 40.9 Å². The van der Waals surface area contributed by atoms with Crippen molar-refractivity contribution >= 4 is 38.7 Å². The second-order valence-electron chi connectivity index (χ2n) is 4.00. The third-order valence-corrected chi connectivity index (χ3v) is 3.03. The van der Waals surface area contributed by atoms with Crippen molar-refractivity contribution in [2.75, 3.05) is 11.1 Å². The zero-order valence-electron chi connectivity index (χ0n) is 10.1. The predicted molar refractivity (Wildman–Crippen MR) is 79.6 cm³/mol. The van der Waals surface area contributed by atoms with Crippen LogP contribution in [0, 0.1) is 21.4 Å². The summed E-state index contributed by atoms with van der Waals surface area (Å²) in [7, 11) is 0. The van der Waals surface area contributed by atoms with Gasteiger partial charge in [0.15, 0.2) is 0 Å². The van der Waals surface area contributed by atoms with Crippen LogP contribution >= 0.6 is 15.9 Å². The second kappa shape index (κ2) is 5.59. The van der Waals surface area contributed by atoms with Crippen molar-refractivity contribution < 1.29 is 4.92 Å². The fourth-order valence-electron chi connectivity index (χ4n) is 1.69. The zero-order valence-corrected chi connectivity index (χ0v) is 11.7. The van der Waals surface area contributed by atoms with E-state index in [0.29, 0.717) is 16.9 Å². The normalized spacial score (nSPS) is 9.80. The maximum absolute atomic E-state index is 10.8. The van der Waals surface area contributed by atoms with Gasteiger partial charge in [0, 0.05) is 28.0 Å². The van der Waals surface area contributed by atoms with E-state index in [1.54, 1.807) is 24.3 Å². The van der Waals surface area contributed by atoms with Crippen LogP contribution < -0.4 is 11.1 Å². The number of anilines is 3. The van der Waals surface area contributed by atoms with Crippen molar-refractivity contribution in [2.45, 2.75) is 0 Å². The number of hydrogen-bond acceptors (Lipinski definition) is 5. The number of benzene rings is 2. The fraction of sp³-hybridized carbons (Fsp3) is 0. The highest BCUT2D eigenvalue weighted by atomic mass is 79.9. The molecule has 0 amide bonds. The van der Waals surface area contributed by atoms with Crippen LogP contribution in [0.4, 0.5) is 22.7 Å². The van der Waals surface area contributed by atoms with Gasteiger partial charge in [0.1, 0.15) is 6.07 Å². The molecule has 0 saturated carbocycles. The number of nitriles is 1. The Morgan fingerprint density at radius 3 is 2.70 bits per heavy atom. The smallest absolute Gasteiger partial charge is 0.273 e. The molecule has 100 valence electrons. The Balaban J connectivity index is 2.40. The Kier molecular flexibility index (Phi) is 3.86. The molecule has 0 heterocycles. The summed E-state index contributed by atoms with van der Waals surface area (Å²) >= 11 is 3.28. The average Bonchev–Trinajstić information content (AvgIpc) is 2.40. The predicted octanol–water partition coefficient (Wildman–Crippen LogP) is 3.55. The van der Waals surface area contributed by atoms with E-state index in [4.69, 9.17) is 11.0 Å². The molecule has 0 aromatic heterocycles. The summed E-state index contributed by atoms with van der Waals surface area (Å²) in [5, 5.41) is 22.8. The minimum absolute atomic E-state index is 0.108. The van der Waals surface area contributed by atoms with E-state index in [0.717, 1.165) is 4.47 Å². The summed E-state index contributed by atoms with van der Waals surface area (Å²) in [5.41, 5.74) is 7.22. The van der Waals surface area contributed by atoms with Crippen LogP contribution in [-0.2, 0) is 0 Å². The molecular formula is C13H9BrN4O2. The molecule has 0 aliphatic carbocycles. The third-order valence-electron chi connectivity index (χ3n) is 2.53. The molecule has 2 rings (SSSR count). The molecule has 0 bridgehead atoms. The Morgan fingerprint density at radius 1 is 1.30 bits per heavy atom. The van der Waals surface area contributed by atoms with Crippen LogP contribution in [0.3, 0.4) is 0 Å². The molecular weight excluding hydrogens is 324 g/mol. The summed E-state index contributed by atoms with van der Waals surface area (Å²) in [4.78, 5) is 10.3. The first-order valence-electron chi connectivity index (χ1n) is 5.51. The molecule has 0 unspecified atom stereocenters. The largest absolute Gasteiger partial charge is 0.398 e. The average molecular weight is 333 g/mol. The van der Waals surface area contributed by atoms with E-state index in [2.05, 4.69) is 27.3 Å². The van der Waals surface area contributed by atoms with E-state index >= 15 is 0 Å². The van der Waals surface area contributed by atoms with Crippen LogP contribution in [0.5, 0.6) is 0 Å². The molecule has 6 nitrogen and oxygen atoms in total. The van der Waals surface area contributed by atoms with Crippen molar-refractivity contribution in [1.82, 2.24) is 0 Å². The van der Waals surface area contributed by atoms with Crippen molar-refractivity contribution in [3.63, 3.8) is 0 Å². The van der Waals surface area contributed by atoms with Gasteiger partial charge in [-0.3, -0.25) is 10.1 Å². The summed E-state index contributed by atoms with van der Waals surface area (Å²) in [6.07, 6.45) is 0. The van der Waals surface area contributed by atoms with Crippen molar-refractivity contribution in [1.29, 1.82) is 5.26 Å². The topological polar surface area (TPSA) is 105 Å². The Bertz CT molecular complexity index is 725. The first-order valence-corrected chi connectivity index (χ1v) is 6.30. The van der Waals surface area contributed by atoms with Crippen molar-refractivity contribution in [3.05, 3.63) is 56.5 Å². The summed E-state index contributed by atoms with van der Waals surface area (Å²) in [5.74, 6) is 0. The number of hydrogen-bond donors (Lipinski definition) is 2. The Labute approximate surface area is 123 Å². The summed E-state index contributed by atoms with van der Waals surface area (Å²) in [6, 6.07) is 11.4. The molecule has 0 saturated heterocycles. The van der Waals surface area contributed by atoms with Crippen LogP contribution in [0.25, 0.3) is 0 Å². The van der Waals surface area contributed by atoms with E-state index in [9.17, 15) is 10.1 Å². The fourth-order valence-corrected chi connectivity index (χ4v) is 2.05. The van der Waals surface area contributed by atoms with Gasteiger partial charge in [-0.05, 0) is 24.3 Å². The van der Waals surface area contributed by atoms with Gasteiger partial charge >= 0.3 is 0 Å². The second-order valence-corrected chi connectivity index (χ2v) is 4.91. The molecule has 0 spiro atoms. The van der Waals surface area contributed by atoms with Gasteiger partial charge in [0.2, 0.25) is 0 Å². The maximum atomic E-state index is 10.8. The number of halogens is 1. The van der Waals surface area contributed by atoms with Gasteiger partial charge in [0.25, 0.3) is 5.69 Å². The Morgan fingerprint density at radius 2 is 2.05 bits per heavy atom. The number of nitrogens with one attached hydrogen (secondary N) is 1. The van der Waals surface area contributed by atoms with Crippen molar-refractivity contribution in [3.8, 4) is 6.07 Å². The van der Waals surface area contributed by atoms with Gasteiger partial charge in [0.05, 0.1) is 16.2 Å². The number of non-ortho nitro benzene ring substituents is 1. The van der Waals surface area contributed by atoms with Gasteiger partial charge in [-0.15, -0.1) is 0 Å². The van der Waals surface area contributed by atoms with Gasteiger partial charge in [-0.1, -0.05) is 15.9 Å². The lowest BCUT2D eigenvalue weighted by Gasteiger charge is -2.09. The SMILES string of the molecule is N#Cc1cc(Br)ccc1Nc1cc(N)cc([N+](=O)[O-])c1. The minimum atomic E-state index is -0.520. The first-order chi connectivity index (χ1) is 9.49. The van der Waals surface area contributed by atoms with E-state index < -0.39 is 4.92 Å². The summed E-state index contributed by atoms with van der Waals surface area (Å²) < 4.78 is 0.776. The lowest BCUT2D eigenvalue weighted by molar-refractivity contribution is -0.384. The molecule has 2 aromatic carbocycles. The molecule has 0 aliphatic rings. The molecule has 0 atom stereocenters. The molecule has 0 fully saturated rings. The number of rotatable bonds is 3. The first kappa shape index (κ1) is 13.8. The van der Waals surface area contributed by atoms with Crippen LogP contribution in [-0.4, -0.2) is 4.92 Å². The molecule has 7 heteroatoms. The minimum Gasteiger partial charge on any atom is -0.398 e. The number of nitrogens with zero attached hydrogens (tertiary/aromatic N) is 2. The number of nitrogens with two attached hydrogens (primary N) is 1. The lowest BCUT2D eigenvalue weighted by atomic mass is 10.2. The maximum Gasteiger partial charge on any atom is 0.273 e. The molecule has 0 aliphatic heterocycles. The van der Waals surface area contributed by atoms with Crippen LogP contribution in [0.2, 0.25) is 0 Å². The molecule has 2 aromatic rings. The van der Waals surface area contributed by atoms with Crippen molar-refractivity contribution in [2.24, 2.45) is 0 Å². The standard InChI is InChI=1S/C13H9BrN4O2/c14-9-1-2-13(8(3-9)7-15)17-11-4-10(16)5-12(6-11)18(19)20/h1-6,17H,16H2. The van der Waals surface area contributed by atoms with Gasteiger partial charge < -0.3 is 11.1 Å². The number of nitro groups is 1. The van der Waals surface area contributed by atoms with Crippen LogP contribution in [0.1, 0.15) is 5.56 Å².